The van der Waals surface area contributed by atoms with Crippen LogP contribution < -0.4 is 10.2 Å². The SMILES string of the molecule is CCC(CC)N(C)c1ccc(CNC)cc1C(F)(F)F. The van der Waals surface area contributed by atoms with E-state index in [-0.39, 0.29) is 11.7 Å². The molecule has 114 valence electrons. The largest absolute Gasteiger partial charge is 0.418 e. The van der Waals surface area contributed by atoms with E-state index < -0.39 is 11.7 Å². The standard InChI is InChI=1S/C15H23F3N2/c1-5-12(6-2)20(4)14-8-7-11(10-19-3)9-13(14)15(16,17)18/h7-9,12,19H,5-6,10H2,1-4H3. The Kier molecular flexibility index (Phi) is 5.87. The van der Waals surface area contributed by atoms with Crippen LogP contribution in [0.1, 0.15) is 37.8 Å². The summed E-state index contributed by atoms with van der Waals surface area (Å²) < 4.78 is 39.8. The van der Waals surface area contributed by atoms with Gasteiger partial charge in [0.15, 0.2) is 0 Å². The first kappa shape index (κ1) is 16.8. The zero-order valence-corrected chi connectivity index (χ0v) is 12.5. The van der Waals surface area contributed by atoms with E-state index in [0.717, 1.165) is 12.8 Å². The van der Waals surface area contributed by atoms with Gasteiger partial charge in [0.2, 0.25) is 0 Å². The van der Waals surface area contributed by atoms with Crippen LogP contribution in [0.3, 0.4) is 0 Å². The molecule has 0 atom stereocenters. The van der Waals surface area contributed by atoms with Gasteiger partial charge in [0, 0.05) is 25.3 Å². The average Bonchev–Trinajstić information content (AvgIpc) is 2.39. The minimum atomic E-state index is -4.33. The van der Waals surface area contributed by atoms with Crippen LogP contribution >= 0.6 is 0 Å². The van der Waals surface area contributed by atoms with Crippen LogP contribution in [0.25, 0.3) is 0 Å². The minimum absolute atomic E-state index is 0.117. The molecule has 1 N–H and O–H groups in total. The molecule has 20 heavy (non-hydrogen) atoms. The van der Waals surface area contributed by atoms with Crippen molar-refractivity contribution in [3.05, 3.63) is 29.3 Å². The lowest BCUT2D eigenvalue weighted by Gasteiger charge is -2.31. The van der Waals surface area contributed by atoms with E-state index in [1.54, 1.807) is 31.1 Å². The molecule has 0 aliphatic carbocycles. The fraction of sp³-hybridized carbons (Fsp3) is 0.600. The van der Waals surface area contributed by atoms with Crippen LogP contribution in [-0.2, 0) is 12.7 Å². The molecule has 0 aromatic heterocycles. The molecule has 0 spiro atoms. The van der Waals surface area contributed by atoms with Crippen LogP contribution in [0, 0.1) is 0 Å². The molecule has 0 unspecified atom stereocenters. The summed E-state index contributed by atoms with van der Waals surface area (Å²) in [4.78, 5) is 1.74. The Labute approximate surface area is 119 Å². The van der Waals surface area contributed by atoms with Crippen LogP contribution in [0.2, 0.25) is 0 Å². The van der Waals surface area contributed by atoms with E-state index in [2.05, 4.69) is 5.32 Å². The van der Waals surface area contributed by atoms with Gasteiger partial charge >= 0.3 is 6.18 Å². The Morgan fingerprint density at radius 2 is 1.80 bits per heavy atom. The van der Waals surface area contributed by atoms with Crippen molar-refractivity contribution in [1.82, 2.24) is 5.32 Å². The maximum absolute atomic E-state index is 13.3. The van der Waals surface area contributed by atoms with Gasteiger partial charge in [-0.3, -0.25) is 0 Å². The maximum Gasteiger partial charge on any atom is 0.418 e. The Balaban J connectivity index is 3.24. The molecule has 0 aliphatic rings. The second-order valence-corrected chi connectivity index (χ2v) is 4.96. The van der Waals surface area contributed by atoms with Gasteiger partial charge in [-0.25, -0.2) is 0 Å². The fourth-order valence-corrected chi connectivity index (χ4v) is 2.46. The van der Waals surface area contributed by atoms with Crippen molar-refractivity contribution < 1.29 is 13.2 Å². The first-order chi connectivity index (χ1) is 9.35. The topological polar surface area (TPSA) is 15.3 Å². The summed E-state index contributed by atoms with van der Waals surface area (Å²) in [5, 5.41) is 2.88. The molecule has 0 radical (unpaired) electrons. The van der Waals surface area contributed by atoms with Gasteiger partial charge in [0.25, 0.3) is 0 Å². The molecular formula is C15H23F3N2. The second kappa shape index (κ2) is 6.97. The normalized spacial score (nSPS) is 12.0. The van der Waals surface area contributed by atoms with Crippen molar-refractivity contribution in [3.8, 4) is 0 Å². The minimum Gasteiger partial charge on any atom is -0.371 e. The lowest BCUT2D eigenvalue weighted by atomic mass is 10.0. The summed E-state index contributed by atoms with van der Waals surface area (Å²) in [6.45, 7) is 4.42. The molecule has 0 aliphatic heterocycles. The molecule has 1 rings (SSSR count). The van der Waals surface area contributed by atoms with Crippen molar-refractivity contribution in [1.29, 1.82) is 0 Å². The van der Waals surface area contributed by atoms with Crippen molar-refractivity contribution in [2.24, 2.45) is 0 Å². The number of nitrogens with one attached hydrogen (secondary N) is 1. The second-order valence-electron chi connectivity index (χ2n) is 4.96. The molecular weight excluding hydrogens is 265 g/mol. The van der Waals surface area contributed by atoms with Crippen LogP contribution in [0.4, 0.5) is 18.9 Å². The number of nitrogens with zero attached hydrogens (tertiary/aromatic N) is 1. The van der Waals surface area contributed by atoms with E-state index in [0.29, 0.717) is 12.1 Å². The molecule has 1 aromatic rings. The van der Waals surface area contributed by atoms with Crippen molar-refractivity contribution in [2.45, 2.75) is 45.5 Å². The highest BCUT2D eigenvalue weighted by Gasteiger charge is 2.35. The zero-order chi connectivity index (χ0) is 15.3. The monoisotopic (exact) mass is 288 g/mol. The third-order valence-corrected chi connectivity index (χ3v) is 3.62. The van der Waals surface area contributed by atoms with Crippen LogP contribution in [0.5, 0.6) is 0 Å². The van der Waals surface area contributed by atoms with E-state index in [1.807, 2.05) is 13.8 Å². The Bertz CT molecular complexity index is 426. The van der Waals surface area contributed by atoms with Gasteiger partial charge in [-0.05, 0) is 37.6 Å². The summed E-state index contributed by atoms with van der Waals surface area (Å²) >= 11 is 0. The Morgan fingerprint density at radius 1 is 1.20 bits per heavy atom. The molecule has 0 amide bonds. The number of alkyl halides is 3. The average molecular weight is 288 g/mol. The molecule has 0 saturated carbocycles. The van der Waals surface area contributed by atoms with Gasteiger partial charge in [-0.2, -0.15) is 13.2 Å². The quantitative estimate of drug-likeness (QED) is 0.849. The number of hydrogen-bond acceptors (Lipinski definition) is 2. The predicted octanol–water partition coefficient (Wildman–Crippen LogP) is 4.05. The highest BCUT2D eigenvalue weighted by Crippen LogP contribution is 2.38. The summed E-state index contributed by atoms with van der Waals surface area (Å²) in [6, 6.07) is 4.68. The molecule has 5 heteroatoms. The number of anilines is 1. The highest BCUT2D eigenvalue weighted by atomic mass is 19.4. The van der Waals surface area contributed by atoms with Gasteiger partial charge in [0.05, 0.1) is 5.56 Å². The lowest BCUT2D eigenvalue weighted by molar-refractivity contribution is -0.137. The fourth-order valence-electron chi connectivity index (χ4n) is 2.46. The van der Waals surface area contributed by atoms with E-state index in [4.69, 9.17) is 0 Å². The maximum atomic E-state index is 13.3. The third kappa shape index (κ3) is 3.88. The summed E-state index contributed by atoms with van der Waals surface area (Å²) in [6.07, 6.45) is -2.69. The smallest absolute Gasteiger partial charge is 0.371 e. The van der Waals surface area contributed by atoms with Gasteiger partial charge in [-0.1, -0.05) is 19.9 Å². The Hall–Kier alpha value is -1.23. The van der Waals surface area contributed by atoms with E-state index in [1.165, 1.54) is 6.07 Å². The summed E-state index contributed by atoms with van der Waals surface area (Å²) in [7, 11) is 3.46. The molecule has 1 aromatic carbocycles. The molecule has 0 heterocycles. The van der Waals surface area contributed by atoms with E-state index >= 15 is 0 Å². The number of hydrogen-bond donors (Lipinski definition) is 1. The van der Waals surface area contributed by atoms with Crippen LogP contribution in [-0.4, -0.2) is 20.1 Å². The third-order valence-electron chi connectivity index (χ3n) is 3.62. The molecule has 0 bridgehead atoms. The predicted molar refractivity (Wildman–Crippen MR) is 77.0 cm³/mol. The van der Waals surface area contributed by atoms with E-state index in [9.17, 15) is 13.2 Å². The van der Waals surface area contributed by atoms with Crippen molar-refractivity contribution in [2.75, 3.05) is 19.0 Å². The van der Waals surface area contributed by atoms with Gasteiger partial charge in [0.1, 0.15) is 0 Å². The van der Waals surface area contributed by atoms with Gasteiger partial charge in [-0.15, -0.1) is 0 Å². The van der Waals surface area contributed by atoms with Gasteiger partial charge < -0.3 is 10.2 Å². The van der Waals surface area contributed by atoms with Crippen molar-refractivity contribution in [3.63, 3.8) is 0 Å². The Morgan fingerprint density at radius 3 is 2.25 bits per heavy atom. The van der Waals surface area contributed by atoms with Crippen LogP contribution in [0.15, 0.2) is 18.2 Å². The number of benzene rings is 1. The van der Waals surface area contributed by atoms with Crippen molar-refractivity contribution >= 4 is 5.69 Å². The summed E-state index contributed by atoms with van der Waals surface area (Å²) in [5.41, 5.74) is 0.340. The molecule has 0 saturated heterocycles. The first-order valence-electron chi connectivity index (χ1n) is 6.92. The molecule has 2 nitrogen and oxygen atoms in total. The zero-order valence-electron chi connectivity index (χ0n) is 12.5. The summed E-state index contributed by atoms with van der Waals surface area (Å²) in [5.74, 6) is 0. The first-order valence-corrected chi connectivity index (χ1v) is 6.92. The number of rotatable bonds is 6. The lowest BCUT2D eigenvalue weighted by Crippen LogP contribution is -2.32. The molecule has 0 fully saturated rings. The number of halogens is 3. The highest BCUT2D eigenvalue weighted by molar-refractivity contribution is 5.56.